The van der Waals surface area contributed by atoms with E-state index in [1.165, 1.54) is 4.52 Å². The highest BCUT2D eigenvalue weighted by molar-refractivity contribution is 9.10. The van der Waals surface area contributed by atoms with Crippen LogP contribution in [0.4, 0.5) is 0 Å². The standard InChI is InChI=1S/C16H21BrN4O3/c1-8-11(17)13-20(7-16(2,3)4)14(23)10(15(24)21(13)19-8)12(22)18-9-5-6-9/h9,23H,5-7H2,1-4H3,(H,18,22). The van der Waals surface area contributed by atoms with Gasteiger partial charge in [0.1, 0.15) is 0 Å². The van der Waals surface area contributed by atoms with Gasteiger partial charge in [-0.3, -0.25) is 14.2 Å². The van der Waals surface area contributed by atoms with Gasteiger partial charge in [-0.1, -0.05) is 20.8 Å². The van der Waals surface area contributed by atoms with Gasteiger partial charge in [0.25, 0.3) is 11.5 Å². The molecule has 0 saturated heterocycles. The third-order valence-electron chi connectivity index (χ3n) is 3.88. The third kappa shape index (κ3) is 2.94. The first-order chi connectivity index (χ1) is 11.1. The molecule has 1 aliphatic carbocycles. The SMILES string of the molecule is Cc1nn2c(=O)c(C(=O)NC3CC3)c(O)n(CC(C)(C)C)c2c1Br. The van der Waals surface area contributed by atoms with Crippen molar-refractivity contribution >= 4 is 27.5 Å². The molecule has 130 valence electrons. The van der Waals surface area contributed by atoms with Gasteiger partial charge < -0.3 is 10.4 Å². The number of rotatable bonds is 3. The van der Waals surface area contributed by atoms with Crippen LogP contribution in [0.15, 0.2) is 9.27 Å². The molecule has 0 radical (unpaired) electrons. The van der Waals surface area contributed by atoms with E-state index in [4.69, 9.17) is 0 Å². The Morgan fingerprint density at radius 2 is 2.04 bits per heavy atom. The molecule has 1 aliphatic rings. The van der Waals surface area contributed by atoms with Gasteiger partial charge in [-0.25, -0.2) is 0 Å². The van der Waals surface area contributed by atoms with Crippen LogP contribution in [0.3, 0.4) is 0 Å². The lowest BCUT2D eigenvalue weighted by Gasteiger charge is -2.23. The first-order valence-corrected chi connectivity index (χ1v) is 8.71. The number of aromatic hydroxyl groups is 1. The van der Waals surface area contributed by atoms with E-state index >= 15 is 0 Å². The summed E-state index contributed by atoms with van der Waals surface area (Å²) in [6.07, 6.45) is 1.80. The molecule has 1 fully saturated rings. The molecule has 0 aromatic carbocycles. The molecule has 7 nitrogen and oxygen atoms in total. The van der Waals surface area contributed by atoms with Crippen molar-refractivity contribution < 1.29 is 9.90 Å². The molecule has 2 heterocycles. The van der Waals surface area contributed by atoms with E-state index in [0.717, 1.165) is 12.8 Å². The Kier molecular flexibility index (Phi) is 3.98. The highest BCUT2D eigenvalue weighted by Crippen LogP contribution is 2.30. The molecule has 1 saturated carbocycles. The number of aryl methyl sites for hydroxylation is 1. The summed E-state index contributed by atoms with van der Waals surface area (Å²) in [7, 11) is 0. The number of hydrogen-bond acceptors (Lipinski definition) is 4. The lowest BCUT2D eigenvalue weighted by atomic mass is 9.96. The average molecular weight is 397 g/mol. The van der Waals surface area contributed by atoms with Crippen molar-refractivity contribution in [2.45, 2.75) is 53.1 Å². The van der Waals surface area contributed by atoms with Gasteiger partial charge in [-0.2, -0.15) is 9.61 Å². The van der Waals surface area contributed by atoms with Gasteiger partial charge in [-0.15, -0.1) is 0 Å². The summed E-state index contributed by atoms with van der Waals surface area (Å²) in [4.78, 5) is 25.2. The monoisotopic (exact) mass is 396 g/mol. The van der Waals surface area contributed by atoms with E-state index in [9.17, 15) is 14.7 Å². The summed E-state index contributed by atoms with van der Waals surface area (Å²) in [5.41, 5.74) is 0.0320. The van der Waals surface area contributed by atoms with Crippen molar-refractivity contribution in [3.8, 4) is 5.88 Å². The minimum Gasteiger partial charge on any atom is -0.494 e. The number of nitrogens with zero attached hydrogens (tertiary/aromatic N) is 3. The Morgan fingerprint density at radius 3 is 2.58 bits per heavy atom. The first kappa shape index (κ1) is 17.0. The van der Waals surface area contributed by atoms with Crippen LogP contribution in [0.5, 0.6) is 5.88 Å². The van der Waals surface area contributed by atoms with Crippen LogP contribution in [0.2, 0.25) is 0 Å². The van der Waals surface area contributed by atoms with E-state index in [2.05, 4.69) is 26.3 Å². The second-order valence-corrected chi connectivity index (χ2v) is 8.33. The summed E-state index contributed by atoms with van der Waals surface area (Å²) < 4.78 is 3.40. The smallest absolute Gasteiger partial charge is 0.291 e. The van der Waals surface area contributed by atoms with Crippen LogP contribution in [0, 0.1) is 12.3 Å². The van der Waals surface area contributed by atoms with Crippen molar-refractivity contribution in [2.75, 3.05) is 0 Å². The normalized spacial score (nSPS) is 15.0. The maximum atomic E-state index is 12.7. The van der Waals surface area contributed by atoms with E-state index in [1.807, 2.05) is 20.8 Å². The number of nitrogens with one attached hydrogen (secondary N) is 1. The topological polar surface area (TPSA) is 88.6 Å². The zero-order chi connectivity index (χ0) is 17.8. The van der Waals surface area contributed by atoms with E-state index in [0.29, 0.717) is 22.4 Å². The van der Waals surface area contributed by atoms with Crippen molar-refractivity contribution in [2.24, 2.45) is 5.41 Å². The van der Waals surface area contributed by atoms with Crippen molar-refractivity contribution in [1.29, 1.82) is 0 Å². The molecule has 0 spiro atoms. The number of aromatic nitrogens is 3. The van der Waals surface area contributed by atoms with Gasteiger partial charge in [0.05, 0.1) is 10.2 Å². The highest BCUT2D eigenvalue weighted by atomic mass is 79.9. The maximum Gasteiger partial charge on any atom is 0.291 e. The second-order valence-electron chi connectivity index (χ2n) is 7.53. The van der Waals surface area contributed by atoms with Crippen molar-refractivity contribution in [1.82, 2.24) is 19.5 Å². The first-order valence-electron chi connectivity index (χ1n) is 7.91. The number of carbonyl (C=O) groups is 1. The molecular weight excluding hydrogens is 376 g/mol. The van der Waals surface area contributed by atoms with Gasteiger partial charge in [-0.05, 0) is 41.1 Å². The minimum absolute atomic E-state index is 0.0918. The summed E-state index contributed by atoms with van der Waals surface area (Å²) >= 11 is 3.43. The van der Waals surface area contributed by atoms with Gasteiger partial charge in [0.2, 0.25) is 5.88 Å². The van der Waals surface area contributed by atoms with Crippen LogP contribution in [-0.4, -0.2) is 31.2 Å². The van der Waals surface area contributed by atoms with E-state index in [-0.39, 0.29) is 22.9 Å². The van der Waals surface area contributed by atoms with Crippen LogP contribution in [0.1, 0.15) is 49.7 Å². The molecule has 0 atom stereocenters. The molecule has 24 heavy (non-hydrogen) atoms. The largest absolute Gasteiger partial charge is 0.494 e. The summed E-state index contributed by atoms with van der Waals surface area (Å²) in [5, 5.41) is 17.7. The van der Waals surface area contributed by atoms with Crippen molar-refractivity contribution in [3.05, 3.63) is 26.1 Å². The third-order valence-corrected chi connectivity index (χ3v) is 4.81. The van der Waals surface area contributed by atoms with Gasteiger partial charge in [0, 0.05) is 12.6 Å². The van der Waals surface area contributed by atoms with Crippen LogP contribution >= 0.6 is 15.9 Å². The Morgan fingerprint density at radius 1 is 1.42 bits per heavy atom. The number of carbonyl (C=O) groups excluding carboxylic acids is 1. The predicted molar refractivity (Wildman–Crippen MR) is 93.5 cm³/mol. The van der Waals surface area contributed by atoms with Crippen LogP contribution < -0.4 is 10.9 Å². The maximum absolute atomic E-state index is 12.7. The second kappa shape index (κ2) is 5.61. The Labute approximate surface area is 147 Å². The highest BCUT2D eigenvalue weighted by Gasteiger charge is 2.31. The molecule has 8 heteroatoms. The molecular formula is C16H21BrN4O3. The predicted octanol–water partition coefficient (Wildman–Crippen LogP) is 2.21. The summed E-state index contributed by atoms with van der Waals surface area (Å²) in [6.45, 7) is 8.24. The zero-order valence-electron chi connectivity index (χ0n) is 14.2. The average Bonchev–Trinajstić information content (AvgIpc) is 3.20. The molecule has 2 N–H and O–H groups in total. The molecule has 0 bridgehead atoms. The van der Waals surface area contributed by atoms with Crippen molar-refractivity contribution in [3.63, 3.8) is 0 Å². The fourth-order valence-electron chi connectivity index (χ4n) is 2.62. The summed E-state index contributed by atoms with van der Waals surface area (Å²) in [5.74, 6) is -0.866. The lowest BCUT2D eigenvalue weighted by molar-refractivity contribution is 0.0944. The molecule has 0 unspecified atom stereocenters. The number of halogens is 1. The molecule has 2 aromatic heterocycles. The fourth-order valence-corrected chi connectivity index (χ4v) is 3.08. The van der Waals surface area contributed by atoms with Crippen LogP contribution in [0.25, 0.3) is 5.65 Å². The van der Waals surface area contributed by atoms with Gasteiger partial charge in [0.15, 0.2) is 11.2 Å². The molecule has 1 amide bonds. The lowest BCUT2D eigenvalue weighted by Crippen LogP contribution is -2.35. The van der Waals surface area contributed by atoms with E-state index < -0.39 is 11.5 Å². The molecule has 3 rings (SSSR count). The number of hydrogen-bond donors (Lipinski definition) is 2. The molecule has 2 aromatic rings. The number of fused-ring (bicyclic) bond motifs is 1. The zero-order valence-corrected chi connectivity index (χ0v) is 15.8. The Balaban J connectivity index is 2.28. The molecule has 0 aliphatic heterocycles. The Bertz CT molecular complexity index is 888. The summed E-state index contributed by atoms with van der Waals surface area (Å²) in [6, 6.07) is 0.0918. The van der Waals surface area contributed by atoms with E-state index in [1.54, 1.807) is 11.5 Å². The quantitative estimate of drug-likeness (QED) is 0.831. The Hall–Kier alpha value is -1.83. The fraction of sp³-hybridized carbons (Fsp3) is 0.562. The van der Waals surface area contributed by atoms with Crippen LogP contribution in [-0.2, 0) is 6.54 Å². The number of amides is 1. The minimum atomic E-state index is -0.611. The van der Waals surface area contributed by atoms with Gasteiger partial charge >= 0.3 is 0 Å².